The van der Waals surface area contributed by atoms with Crippen molar-refractivity contribution < 1.29 is 9.53 Å². The van der Waals surface area contributed by atoms with Gasteiger partial charge >= 0.3 is 0 Å². The van der Waals surface area contributed by atoms with Crippen LogP contribution < -0.4 is 10.1 Å². The summed E-state index contributed by atoms with van der Waals surface area (Å²) in [4.78, 5) is 14.9. The summed E-state index contributed by atoms with van der Waals surface area (Å²) >= 11 is 0. The molecule has 1 N–H and O–H groups in total. The van der Waals surface area contributed by atoms with E-state index in [2.05, 4.69) is 40.5 Å². The molecule has 0 aromatic heterocycles. The Labute approximate surface area is 162 Å². The highest BCUT2D eigenvalue weighted by Crippen LogP contribution is 2.20. The molecule has 1 amide bonds. The summed E-state index contributed by atoms with van der Waals surface area (Å²) in [6, 6.07) is 14.5. The Balaban J connectivity index is 1.52. The van der Waals surface area contributed by atoms with Gasteiger partial charge in [0.15, 0.2) is 6.10 Å². The van der Waals surface area contributed by atoms with Crippen LogP contribution in [0.25, 0.3) is 0 Å². The number of carbonyl (C=O) groups excluding carboxylic acids is 1. The molecule has 2 aromatic rings. The van der Waals surface area contributed by atoms with Crippen LogP contribution in [0.4, 0.5) is 0 Å². The van der Waals surface area contributed by atoms with Crippen molar-refractivity contribution in [2.75, 3.05) is 13.1 Å². The van der Waals surface area contributed by atoms with Crippen LogP contribution in [-0.4, -0.2) is 30.0 Å². The Morgan fingerprint density at radius 2 is 1.85 bits per heavy atom. The average Bonchev–Trinajstić information content (AvgIpc) is 3.15. The van der Waals surface area contributed by atoms with Gasteiger partial charge in [0, 0.05) is 13.1 Å². The van der Waals surface area contributed by atoms with E-state index in [4.69, 9.17) is 4.74 Å². The number of ether oxygens (including phenoxy) is 1. The summed E-state index contributed by atoms with van der Waals surface area (Å²) in [6.07, 6.45) is 2.07. The maximum absolute atomic E-state index is 12.4. The van der Waals surface area contributed by atoms with Crippen LogP contribution in [0.3, 0.4) is 0 Å². The lowest BCUT2D eigenvalue weighted by atomic mass is 10.1. The zero-order chi connectivity index (χ0) is 19.2. The highest BCUT2D eigenvalue weighted by Gasteiger charge is 2.16. The molecule has 144 valence electrons. The first-order valence-electron chi connectivity index (χ1n) is 9.83. The first-order valence-corrected chi connectivity index (χ1v) is 9.83. The minimum atomic E-state index is -0.529. The van der Waals surface area contributed by atoms with Gasteiger partial charge in [-0.25, -0.2) is 0 Å². The molecule has 0 spiro atoms. The number of aryl methyl sites for hydroxylation is 2. The average molecular weight is 367 g/mol. The normalized spacial score (nSPS) is 15.5. The maximum atomic E-state index is 12.4. The van der Waals surface area contributed by atoms with Gasteiger partial charge in [0.1, 0.15) is 5.75 Å². The summed E-state index contributed by atoms with van der Waals surface area (Å²) in [5, 5.41) is 2.99. The Morgan fingerprint density at radius 3 is 2.59 bits per heavy atom. The van der Waals surface area contributed by atoms with Crippen LogP contribution in [0, 0.1) is 13.8 Å². The molecule has 0 saturated carbocycles. The lowest BCUT2D eigenvalue weighted by Crippen LogP contribution is -2.36. The SMILES string of the molecule is Cc1ccc(O[C@@H](C)C(=O)NCc2cccc(CN3CCCC3)c2)c(C)c1. The minimum absolute atomic E-state index is 0.0973. The second kappa shape index (κ2) is 9.05. The van der Waals surface area contributed by atoms with Crippen LogP contribution in [0.5, 0.6) is 5.75 Å². The molecule has 0 unspecified atom stereocenters. The molecule has 2 aromatic carbocycles. The number of rotatable bonds is 7. The smallest absolute Gasteiger partial charge is 0.261 e. The number of carbonyl (C=O) groups is 1. The highest BCUT2D eigenvalue weighted by atomic mass is 16.5. The Kier molecular flexibility index (Phi) is 6.51. The molecule has 3 rings (SSSR count). The summed E-state index contributed by atoms with van der Waals surface area (Å²) in [5.74, 6) is 0.663. The van der Waals surface area contributed by atoms with Crippen LogP contribution in [-0.2, 0) is 17.9 Å². The quantitative estimate of drug-likeness (QED) is 0.806. The number of hydrogen-bond donors (Lipinski definition) is 1. The number of amides is 1. The van der Waals surface area contributed by atoms with Gasteiger partial charge in [-0.05, 0) is 69.5 Å². The maximum Gasteiger partial charge on any atom is 0.261 e. The predicted molar refractivity (Wildman–Crippen MR) is 109 cm³/mol. The van der Waals surface area contributed by atoms with Crippen LogP contribution in [0.1, 0.15) is 42.0 Å². The van der Waals surface area contributed by atoms with E-state index >= 15 is 0 Å². The molecular weight excluding hydrogens is 336 g/mol. The third-order valence-corrected chi connectivity index (χ3v) is 5.07. The van der Waals surface area contributed by atoms with E-state index in [1.165, 1.54) is 37.1 Å². The second-order valence-electron chi connectivity index (χ2n) is 7.55. The number of benzene rings is 2. The number of hydrogen-bond acceptors (Lipinski definition) is 3. The van der Waals surface area contributed by atoms with Crippen molar-refractivity contribution in [3.63, 3.8) is 0 Å². The molecule has 4 heteroatoms. The number of nitrogens with zero attached hydrogens (tertiary/aromatic N) is 1. The summed E-state index contributed by atoms with van der Waals surface area (Å²) in [7, 11) is 0. The monoisotopic (exact) mass is 366 g/mol. The Morgan fingerprint density at radius 1 is 1.11 bits per heavy atom. The fourth-order valence-electron chi connectivity index (χ4n) is 3.55. The van der Waals surface area contributed by atoms with Gasteiger partial charge in [0.2, 0.25) is 0 Å². The van der Waals surface area contributed by atoms with Crippen LogP contribution >= 0.6 is 0 Å². The summed E-state index contributed by atoms with van der Waals surface area (Å²) in [6.45, 7) is 9.73. The molecule has 4 nitrogen and oxygen atoms in total. The van der Waals surface area contributed by atoms with Crippen molar-refractivity contribution >= 4 is 5.91 Å². The van der Waals surface area contributed by atoms with Gasteiger partial charge in [-0.2, -0.15) is 0 Å². The minimum Gasteiger partial charge on any atom is -0.481 e. The van der Waals surface area contributed by atoms with E-state index in [0.29, 0.717) is 6.54 Å². The van der Waals surface area contributed by atoms with Gasteiger partial charge in [0.25, 0.3) is 5.91 Å². The largest absolute Gasteiger partial charge is 0.481 e. The van der Waals surface area contributed by atoms with Crippen molar-refractivity contribution in [3.05, 3.63) is 64.7 Å². The second-order valence-corrected chi connectivity index (χ2v) is 7.55. The van der Waals surface area contributed by atoms with Crippen molar-refractivity contribution in [2.45, 2.75) is 52.8 Å². The van der Waals surface area contributed by atoms with Crippen molar-refractivity contribution in [1.82, 2.24) is 10.2 Å². The Hall–Kier alpha value is -2.33. The molecular formula is C23H30N2O2. The number of nitrogens with one attached hydrogen (secondary N) is 1. The van der Waals surface area contributed by atoms with Gasteiger partial charge in [-0.1, -0.05) is 42.0 Å². The van der Waals surface area contributed by atoms with Gasteiger partial charge < -0.3 is 10.1 Å². The molecule has 1 saturated heterocycles. The topological polar surface area (TPSA) is 41.6 Å². The third-order valence-electron chi connectivity index (χ3n) is 5.07. The van der Waals surface area contributed by atoms with Gasteiger partial charge in [0.05, 0.1) is 0 Å². The number of likely N-dealkylation sites (tertiary alicyclic amines) is 1. The lowest BCUT2D eigenvalue weighted by molar-refractivity contribution is -0.127. The molecule has 0 radical (unpaired) electrons. The fraction of sp³-hybridized carbons (Fsp3) is 0.435. The van der Waals surface area contributed by atoms with Crippen molar-refractivity contribution in [3.8, 4) is 5.75 Å². The molecule has 1 aliphatic heterocycles. The lowest BCUT2D eigenvalue weighted by Gasteiger charge is -2.17. The molecule has 1 aliphatic rings. The predicted octanol–water partition coefficient (Wildman–Crippen LogP) is 3.98. The first-order chi connectivity index (χ1) is 13.0. The third kappa shape index (κ3) is 5.57. The van der Waals surface area contributed by atoms with Gasteiger partial charge in [-0.3, -0.25) is 9.69 Å². The fourth-order valence-corrected chi connectivity index (χ4v) is 3.55. The highest BCUT2D eigenvalue weighted by molar-refractivity contribution is 5.80. The standard InChI is InChI=1S/C23H30N2O2/c1-17-9-10-22(18(2)13-17)27-19(3)23(26)24-15-20-7-6-8-21(14-20)16-25-11-4-5-12-25/h6-10,13-14,19H,4-5,11-12,15-16H2,1-3H3,(H,24,26)/t19-/m0/s1. The Bertz CT molecular complexity index is 782. The molecule has 1 atom stereocenters. The summed E-state index contributed by atoms with van der Waals surface area (Å²) < 4.78 is 5.84. The summed E-state index contributed by atoms with van der Waals surface area (Å²) in [5.41, 5.74) is 4.66. The van der Waals surface area contributed by atoms with Gasteiger partial charge in [-0.15, -0.1) is 0 Å². The van der Waals surface area contributed by atoms with E-state index in [1.807, 2.05) is 26.0 Å². The zero-order valence-corrected chi connectivity index (χ0v) is 16.6. The molecule has 0 bridgehead atoms. The zero-order valence-electron chi connectivity index (χ0n) is 16.6. The first kappa shape index (κ1) is 19.4. The van der Waals surface area contributed by atoms with E-state index in [0.717, 1.165) is 23.4 Å². The molecule has 27 heavy (non-hydrogen) atoms. The molecule has 1 fully saturated rings. The van der Waals surface area contributed by atoms with E-state index in [1.54, 1.807) is 6.92 Å². The van der Waals surface area contributed by atoms with E-state index < -0.39 is 6.10 Å². The molecule has 1 heterocycles. The van der Waals surface area contributed by atoms with Crippen molar-refractivity contribution in [1.29, 1.82) is 0 Å². The van der Waals surface area contributed by atoms with E-state index in [-0.39, 0.29) is 5.91 Å². The van der Waals surface area contributed by atoms with E-state index in [9.17, 15) is 4.79 Å². The van der Waals surface area contributed by atoms with Crippen LogP contribution in [0.15, 0.2) is 42.5 Å². The van der Waals surface area contributed by atoms with Crippen molar-refractivity contribution in [2.24, 2.45) is 0 Å². The molecule has 0 aliphatic carbocycles. The van der Waals surface area contributed by atoms with Crippen LogP contribution in [0.2, 0.25) is 0 Å².